The molecule has 0 bridgehead atoms. The number of nitrogens with two attached hydrogens (primary N) is 1. The molecule has 5 heteroatoms. The summed E-state index contributed by atoms with van der Waals surface area (Å²) in [6, 6.07) is 8.43. The van der Waals surface area contributed by atoms with Gasteiger partial charge in [0.1, 0.15) is 0 Å². The lowest BCUT2D eigenvalue weighted by molar-refractivity contribution is -0.152. The summed E-state index contributed by atoms with van der Waals surface area (Å²) in [5.74, 6) is -0.316. The second kappa shape index (κ2) is 7.83. The minimum absolute atomic E-state index is 0.101. The van der Waals surface area contributed by atoms with Crippen LogP contribution in [0.4, 0.5) is 0 Å². The first-order valence-corrected chi connectivity index (χ1v) is 9.14. The van der Waals surface area contributed by atoms with Gasteiger partial charge in [-0.1, -0.05) is 18.2 Å². The lowest BCUT2D eigenvalue weighted by atomic mass is 9.94. The molecule has 0 amide bonds. The molecule has 0 fully saturated rings. The van der Waals surface area contributed by atoms with Crippen molar-refractivity contribution in [1.82, 2.24) is 9.55 Å². The summed E-state index contributed by atoms with van der Waals surface area (Å²) in [4.78, 5) is 17.1. The van der Waals surface area contributed by atoms with E-state index in [1.165, 1.54) is 16.9 Å². The molecule has 134 valence electrons. The SMILES string of the molecule is CC(C)OC(=O)[C@@H](CCCN)Cc1ncn2c1CCc1ccccc1-2. The zero-order chi connectivity index (χ0) is 17.8. The first-order chi connectivity index (χ1) is 12.1. The Morgan fingerprint density at radius 3 is 2.88 bits per heavy atom. The quantitative estimate of drug-likeness (QED) is 0.786. The van der Waals surface area contributed by atoms with Crippen LogP contribution in [0, 0.1) is 5.92 Å². The van der Waals surface area contributed by atoms with Crippen LogP contribution >= 0.6 is 0 Å². The Kier molecular flexibility index (Phi) is 5.53. The number of hydrogen-bond donors (Lipinski definition) is 1. The van der Waals surface area contributed by atoms with E-state index in [4.69, 9.17) is 10.5 Å². The first kappa shape index (κ1) is 17.7. The molecular formula is C20H27N3O2. The van der Waals surface area contributed by atoms with Crippen LogP contribution in [-0.4, -0.2) is 28.2 Å². The molecule has 1 aliphatic heterocycles. The van der Waals surface area contributed by atoms with Crippen molar-refractivity contribution < 1.29 is 9.53 Å². The second-order valence-corrected chi connectivity index (χ2v) is 6.95. The average molecular weight is 341 g/mol. The van der Waals surface area contributed by atoms with Gasteiger partial charge in [-0.05, 0) is 57.7 Å². The van der Waals surface area contributed by atoms with Gasteiger partial charge in [-0.2, -0.15) is 0 Å². The van der Waals surface area contributed by atoms with E-state index in [9.17, 15) is 4.79 Å². The van der Waals surface area contributed by atoms with Crippen LogP contribution in [0.2, 0.25) is 0 Å². The number of carbonyl (C=O) groups is 1. The third-order valence-corrected chi connectivity index (χ3v) is 4.72. The number of ether oxygens (including phenoxy) is 1. The van der Waals surface area contributed by atoms with Gasteiger partial charge < -0.3 is 15.0 Å². The van der Waals surface area contributed by atoms with E-state index in [-0.39, 0.29) is 18.0 Å². The fourth-order valence-electron chi connectivity index (χ4n) is 3.49. The largest absolute Gasteiger partial charge is 0.463 e. The number of benzene rings is 1. The maximum Gasteiger partial charge on any atom is 0.309 e. The van der Waals surface area contributed by atoms with Crippen molar-refractivity contribution in [2.45, 2.75) is 52.1 Å². The summed E-state index contributed by atoms with van der Waals surface area (Å²) >= 11 is 0. The third kappa shape index (κ3) is 3.93. The van der Waals surface area contributed by atoms with Crippen LogP contribution in [-0.2, 0) is 28.8 Å². The maximum absolute atomic E-state index is 12.5. The molecule has 1 aromatic heterocycles. The lowest BCUT2D eigenvalue weighted by Crippen LogP contribution is -2.25. The van der Waals surface area contributed by atoms with Gasteiger partial charge in [0.2, 0.25) is 0 Å². The van der Waals surface area contributed by atoms with E-state index in [0.717, 1.165) is 31.4 Å². The number of aryl methyl sites for hydroxylation is 1. The van der Waals surface area contributed by atoms with Crippen LogP contribution in [0.3, 0.4) is 0 Å². The van der Waals surface area contributed by atoms with Crippen molar-refractivity contribution in [2.24, 2.45) is 11.7 Å². The predicted molar refractivity (Wildman–Crippen MR) is 97.7 cm³/mol. The number of rotatable bonds is 7. The van der Waals surface area contributed by atoms with Gasteiger partial charge in [0.15, 0.2) is 0 Å². The van der Waals surface area contributed by atoms with E-state index in [2.05, 4.69) is 33.8 Å². The molecule has 0 radical (unpaired) electrons. The van der Waals surface area contributed by atoms with E-state index >= 15 is 0 Å². The molecule has 0 unspecified atom stereocenters. The highest BCUT2D eigenvalue weighted by Gasteiger charge is 2.26. The number of fused-ring (bicyclic) bond motifs is 3. The highest BCUT2D eigenvalue weighted by Crippen LogP contribution is 2.28. The van der Waals surface area contributed by atoms with Crippen LogP contribution in [0.5, 0.6) is 0 Å². The summed E-state index contributed by atoms with van der Waals surface area (Å²) in [5.41, 5.74) is 10.4. The smallest absolute Gasteiger partial charge is 0.309 e. The van der Waals surface area contributed by atoms with Crippen LogP contribution < -0.4 is 5.73 Å². The summed E-state index contributed by atoms with van der Waals surface area (Å²) in [5, 5.41) is 0. The average Bonchev–Trinajstić information content (AvgIpc) is 3.01. The Labute approximate surface area is 149 Å². The fourth-order valence-corrected chi connectivity index (χ4v) is 3.49. The zero-order valence-electron chi connectivity index (χ0n) is 15.1. The van der Waals surface area contributed by atoms with E-state index in [1.807, 2.05) is 20.2 Å². The summed E-state index contributed by atoms with van der Waals surface area (Å²) in [6.07, 6.45) is 5.93. The van der Waals surface area contributed by atoms with E-state index in [1.54, 1.807) is 0 Å². The molecule has 2 heterocycles. The number of carbonyl (C=O) groups excluding carboxylic acids is 1. The standard InChI is InChI=1S/C20H27N3O2/c1-14(2)25-20(24)16(7-5-11-21)12-17-19-10-9-15-6-3-4-8-18(15)23(19)13-22-17/h3-4,6,8,13-14,16H,5,7,9-12,21H2,1-2H3/t16-/m0/s1. The van der Waals surface area contributed by atoms with Crippen molar-refractivity contribution in [1.29, 1.82) is 0 Å². The van der Waals surface area contributed by atoms with E-state index in [0.29, 0.717) is 13.0 Å². The van der Waals surface area contributed by atoms with Crippen molar-refractivity contribution in [2.75, 3.05) is 6.54 Å². The maximum atomic E-state index is 12.5. The van der Waals surface area contributed by atoms with Crippen molar-refractivity contribution in [3.63, 3.8) is 0 Å². The van der Waals surface area contributed by atoms with Crippen LogP contribution in [0.15, 0.2) is 30.6 Å². The molecule has 0 saturated heterocycles. The number of esters is 1. The van der Waals surface area contributed by atoms with Gasteiger partial charge in [-0.25, -0.2) is 4.98 Å². The molecular weight excluding hydrogens is 314 g/mol. The fraction of sp³-hybridized carbons (Fsp3) is 0.500. The Morgan fingerprint density at radius 1 is 1.32 bits per heavy atom. The Balaban J connectivity index is 1.82. The Morgan fingerprint density at radius 2 is 2.12 bits per heavy atom. The molecule has 0 saturated carbocycles. The topological polar surface area (TPSA) is 70.1 Å². The highest BCUT2D eigenvalue weighted by molar-refractivity contribution is 5.73. The number of hydrogen-bond acceptors (Lipinski definition) is 4. The molecule has 0 aliphatic carbocycles. The monoisotopic (exact) mass is 341 g/mol. The van der Waals surface area contributed by atoms with E-state index < -0.39 is 0 Å². The first-order valence-electron chi connectivity index (χ1n) is 9.14. The molecule has 2 aromatic rings. The number of aromatic nitrogens is 2. The molecule has 1 atom stereocenters. The van der Waals surface area contributed by atoms with Gasteiger partial charge in [-0.15, -0.1) is 0 Å². The van der Waals surface area contributed by atoms with Gasteiger partial charge >= 0.3 is 5.97 Å². The second-order valence-electron chi connectivity index (χ2n) is 6.95. The summed E-state index contributed by atoms with van der Waals surface area (Å²) in [6.45, 7) is 4.35. The molecule has 0 spiro atoms. The molecule has 1 aliphatic rings. The number of nitrogens with zero attached hydrogens (tertiary/aromatic N) is 2. The van der Waals surface area contributed by atoms with Gasteiger partial charge in [0, 0.05) is 17.8 Å². The van der Waals surface area contributed by atoms with Gasteiger partial charge in [0.25, 0.3) is 0 Å². The molecule has 3 rings (SSSR count). The summed E-state index contributed by atoms with van der Waals surface area (Å²) < 4.78 is 7.61. The van der Waals surface area contributed by atoms with Gasteiger partial charge in [-0.3, -0.25) is 4.79 Å². The number of para-hydroxylation sites is 1. The van der Waals surface area contributed by atoms with Gasteiger partial charge in [0.05, 0.1) is 24.0 Å². The normalized spacial score (nSPS) is 14.1. The highest BCUT2D eigenvalue weighted by atomic mass is 16.5. The van der Waals surface area contributed by atoms with Crippen LogP contribution in [0.1, 0.15) is 43.6 Å². The van der Waals surface area contributed by atoms with Crippen LogP contribution in [0.25, 0.3) is 5.69 Å². The Bertz CT molecular complexity index is 736. The lowest BCUT2D eigenvalue weighted by Gasteiger charge is -2.21. The zero-order valence-corrected chi connectivity index (χ0v) is 15.1. The molecule has 25 heavy (non-hydrogen) atoms. The Hall–Kier alpha value is -2.14. The van der Waals surface area contributed by atoms with Crippen molar-refractivity contribution in [3.8, 4) is 5.69 Å². The van der Waals surface area contributed by atoms with Crippen molar-refractivity contribution in [3.05, 3.63) is 47.5 Å². The molecule has 1 aromatic carbocycles. The van der Waals surface area contributed by atoms with Crippen molar-refractivity contribution >= 4 is 5.97 Å². The minimum Gasteiger partial charge on any atom is -0.463 e. The predicted octanol–water partition coefficient (Wildman–Crippen LogP) is 2.82. The summed E-state index contributed by atoms with van der Waals surface area (Å²) in [7, 11) is 0. The molecule has 2 N–H and O–H groups in total. The minimum atomic E-state index is -0.178. The molecule has 5 nitrogen and oxygen atoms in total. The third-order valence-electron chi connectivity index (χ3n) is 4.72. The number of imidazole rings is 1.